The molecule has 1 aliphatic carbocycles. The highest BCUT2D eigenvalue weighted by Gasteiger charge is 2.27. The van der Waals surface area contributed by atoms with Crippen LogP contribution in [0.1, 0.15) is 65.5 Å². The van der Waals surface area contributed by atoms with E-state index in [4.69, 9.17) is 21.4 Å². The Morgan fingerprint density at radius 2 is 1.77 bits per heavy atom. The average molecular weight is 514 g/mol. The molecule has 192 valence electrons. The molecular weight excluding hydrogens is 486 g/mol. The van der Waals surface area contributed by atoms with Gasteiger partial charge >= 0.3 is 0 Å². The Bertz CT molecular complexity index is 1720. The first-order valence-corrected chi connectivity index (χ1v) is 13.2. The zero-order chi connectivity index (χ0) is 26.8. The normalized spacial score (nSPS) is 17.1. The highest BCUT2D eigenvalue weighted by Crippen LogP contribution is 2.38. The number of rotatable bonds is 7. The molecule has 7 heteroatoms. The Hall–Kier alpha value is -4.88. The van der Waals surface area contributed by atoms with E-state index in [9.17, 15) is 4.79 Å². The van der Waals surface area contributed by atoms with Crippen molar-refractivity contribution in [3.05, 3.63) is 89.5 Å². The van der Waals surface area contributed by atoms with Crippen LogP contribution in [0.3, 0.4) is 0 Å². The quantitative estimate of drug-likeness (QED) is 0.202. The highest BCUT2D eigenvalue weighted by atomic mass is 16.5. The third-order valence-electron chi connectivity index (χ3n) is 7.67. The van der Waals surface area contributed by atoms with Crippen molar-refractivity contribution in [2.75, 3.05) is 0 Å². The second-order valence-corrected chi connectivity index (χ2v) is 10.0. The van der Waals surface area contributed by atoms with Gasteiger partial charge in [-0.25, -0.2) is 9.97 Å². The van der Waals surface area contributed by atoms with Crippen molar-refractivity contribution in [3.8, 4) is 24.2 Å². The number of ether oxygens (including phenoxy) is 1. The summed E-state index contributed by atoms with van der Waals surface area (Å²) in [6, 6.07) is 18.9. The standard InChI is InChI=1S/C32H27N5O2/c1-2-21-3-7-23(8-4-21)31(38)24-9-13-26(14-10-24)39-20-29-36-28-19-35-32-27(16-18-34-32)30(28)37(29)25-11-5-22(6-12-25)15-17-33/h1,3-4,7-10,13-14,16,18-19,22,25H,5-6,11-12,15,20H2,(H,34,35)/t22-,25-. The van der Waals surface area contributed by atoms with E-state index in [1.165, 1.54) is 0 Å². The van der Waals surface area contributed by atoms with Gasteiger partial charge in [-0.15, -0.1) is 6.42 Å². The first-order valence-electron chi connectivity index (χ1n) is 13.2. The predicted octanol–water partition coefficient (Wildman–Crippen LogP) is 6.35. The minimum absolute atomic E-state index is 0.0677. The molecule has 0 atom stereocenters. The van der Waals surface area contributed by atoms with Crippen LogP contribution in [0.4, 0.5) is 0 Å². The number of ketones is 1. The van der Waals surface area contributed by atoms with E-state index in [1.807, 2.05) is 30.6 Å². The number of aromatic amines is 1. The Balaban J connectivity index is 1.24. The lowest BCUT2D eigenvalue weighted by atomic mass is 9.84. The van der Waals surface area contributed by atoms with Crippen molar-refractivity contribution in [1.82, 2.24) is 19.5 Å². The van der Waals surface area contributed by atoms with E-state index < -0.39 is 0 Å². The van der Waals surface area contributed by atoms with E-state index in [-0.39, 0.29) is 11.8 Å². The summed E-state index contributed by atoms with van der Waals surface area (Å²) in [4.78, 5) is 25.5. The van der Waals surface area contributed by atoms with Gasteiger partial charge in [0.2, 0.25) is 0 Å². The molecule has 1 fully saturated rings. The van der Waals surface area contributed by atoms with Gasteiger partial charge in [0.25, 0.3) is 0 Å². The van der Waals surface area contributed by atoms with Crippen molar-refractivity contribution >= 4 is 27.9 Å². The zero-order valence-electron chi connectivity index (χ0n) is 21.4. The smallest absolute Gasteiger partial charge is 0.193 e. The molecule has 0 saturated heterocycles. The number of H-pyrrole nitrogens is 1. The summed E-state index contributed by atoms with van der Waals surface area (Å²) >= 11 is 0. The van der Waals surface area contributed by atoms with E-state index in [0.29, 0.717) is 35.8 Å². The van der Waals surface area contributed by atoms with Crippen LogP contribution in [0, 0.1) is 29.6 Å². The monoisotopic (exact) mass is 513 g/mol. The molecule has 0 amide bonds. The second-order valence-electron chi connectivity index (χ2n) is 10.0. The number of aromatic nitrogens is 4. The molecule has 0 unspecified atom stereocenters. The molecular formula is C32H27N5O2. The molecule has 2 aromatic carbocycles. The Morgan fingerprint density at radius 1 is 1.05 bits per heavy atom. The fourth-order valence-corrected chi connectivity index (χ4v) is 5.61. The minimum atomic E-state index is -0.0677. The average Bonchev–Trinajstić information content (AvgIpc) is 3.61. The highest BCUT2D eigenvalue weighted by molar-refractivity contribution is 6.09. The van der Waals surface area contributed by atoms with Gasteiger partial charge in [0.15, 0.2) is 5.78 Å². The van der Waals surface area contributed by atoms with E-state index in [0.717, 1.165) is 59.1 Å². The maximum absolute atomic E-state index is 12.9. The van der Waals surface area contributed by atoms with Crippen molar-refractivity contribution in [1.29, 1.82) is 5.26 Å². The molecule has 1 N–H and O–H groups in total. The van der Waals surface area contributed by atoms with Crippen LogP contribution in [0.2, 0.25) is 0 Å². The zero-order valence-corrected chi connectivity index (χ0v) is 21.4. The number of imidazole rings is 1. The molecule has 6 rings (SSSR count). The molecule has 0 spiro atoms. The van der Waals surface area contributed by atoms with Crippen molar-refractivity contribution in [2.24, 2.45) is 5.92 Å². The maximum atomic E-state index is 12.9. The molecule has 7 nitrogen and oxygen atoms in total. The number of nitrogens with one attached hydrogen (secondary N) is 1. The minimum Gasteiger partial charge on any atom is -0.486 e. The Morgan fingerprint density at radius 3 is 2.46 bits per heavy atom. The summed E-state index contributed by atoms with van der Waals surface area (Å²) in [5, 5.41) is 10.2. The summed E-state index contributed by atoms with van der Waals surface area (Å²) in [6.07, 6.45) is 13.8. The SMILES string of the molecule is C#Cc1ccc(C(=O)c2ccc(OCc3nc4cnc5[nH]ccc5c4n3[C@H]3CC[C@H](CC#N)CC3)cc2)cc1. The Labute approximate surface area is 226 Å². The van der Waals surface area contributed by atoms with E-state index in [2.05, 4.69) is 26.5 Å². The fraction of sp³-hybridized carbons (Fsp3) is 0.250. The fourth-order valence-electron chi connectivity index (χ4n) is 5.61. The predicted molar refractivity (Wildman–Crippen MR) is 149 cm³/mol. The number of carbonyl (C=O) groups excluding carboxylic acids is 1. The van der Waals surface area contributed by atoms with Crippen LogP contribution in [-0.2, 0) is 6.61 Å². The number of terminal acetylenes is 1. The number of pyridine rings is 1. The number of nitrogens with zero attached hydrogens (tertiary/aromatic N) is 4. The maximum Gasteiger partial charge on any atom is 0.193 e. The number of fused-ring (bicyclic) bond motifs is 3. The summed E-state index contributed by atoms with van der Waals surface area (Å²) in [7, 11) is 0. The molecule has 1 aliphatic rings. The second kappa shape index (κ2) is 10.5. The third-order valence-corrected chi connectivity index (χ3v) is 7.67. The lowest BCUT2D eigenvalue weighted by Gasteiger charge is -2.30. The van der Waals surface area contributed by atoms with Gasteiger partial charge in [-0.1, -0.05) is 5.92 Å². The van der Waals surface area contributed by atoms with Crippen molar-refractivity contribution in [2.45, 2.75) is 44.8 Å². The van der Waals surface area contributed by atoms with Crippen molar-refractivity contribution in [3.63, 3.8) is 0 Å². The van der Waals surface area contributed by atoms with Crippen LogP contribution in [0.15, 0.2) is 67.0 Å². The lowest BCUT2D eigenvalue weighted by molar-refractivity contribution is 0.103. The van der Waals surface area contributed by atoms with E-state index in [1.54, 1.807) is 36.4 Å². The van der Waals surface area contributed by atoms with Crippen LogP contribution in [0.5, 0.6) is 5.75 Å². The summed E-state index contributed by atoms with van der Waals surface area (Å²) in [5.74, 6) is 4.47. The summed E-state index contributed by atoms with van der Waals surface area (Å²) in [5.41, 5.74) is 4.66. The summed E-state index contributed by atoms with van der Waals surface area (Å²) in [6.45, 7) is 0.291. The third kappa shape index (κ3) is 4.76. The van der Waals surface area contributed by atoms with Gasteiger partial charge < -0.3 is 14.3 Å². The first-order chi connectivity index (χ1) is 19.1. The van der Waals surface area contributed by atoms with Gasteiger partial charge in [-0.3, -0.25) is 4.79 Å². The van der Waals surface area contributed by atoms with Gasteiger partial charge in [0, 0.05) is 40.7 Å². The molecule has 0 aliphatic heterocycles. The van der Waals surface area contributed by atoms with E-state index >= 15 is 0 Å². The van der Waals surface area contributed by atoms with Gasteiger partial charge in [-0.05, 0) is 86.2 Å². The molecule has 0 bridgehead atoms. The van der Waals surface area contributed by atoms with Crippen LogP contribution in [-0.4, -0.2) is 25.3 Å². The van der Waals surface area contributed by atoms with Gasteiger partial charge in [-0.2, -0.15) is 5.26 Å². The molecule has 3 aromatic heterocycles. The molecule has 39 heavy (non-hydrogen) atoms. The number of hydrogen-bond donors (Lipinski definition) is 1. The Kier molecular flexibility index (Phi) is 6.57. The topological polar surface area (TPSA) is 96.6 Å². The van der Waals surface area contributed by atoms with Gasteiger partial charge in [0.1, 0.15) is 29.3 Å². The number of nitriles is 1. The molecule has 1 saturated carbocycles. The van der Waals surface area contributed by atoms with Gasteiger partial charge in [0.05, 0.1) is 17.8 Å². The van der Waals surface area contributed by atoms with Crippen LogP contribution in [0.25, 0.3) is 22.1 Å². The van der Waals surface area contributed by atoms with Crippen LogP contribution < -0.4 is 4.74 Å². The van der Waals surface area contributed by atoms with Crippen LogP contribution >= 0.6 is 0 Å². The molecule has 3 heterocycles. The number of carbonyl (C=O) groups is 1. The largest absolute Gasteiger partial charge is 0.486 e. The molecule has 5 aromatic rings. The first kappa shape index (κ1) is 24.5. The molecule has 0 radical (unpaired) electrons. The van der Waals surface area contributed by atoms with Crippen molar-refractivity contribution < 1.29 is 9.53 Å². The lowest BCUT2D eigenvalue weighted by Crippen LogP contribution is -2.20. The summed E-state index contributed by atoms with van der Waals surface area (Å²) < 4.78 is 8.52. The number of benzene rings is 2. The number of hydrogen-bond acceptors (Lipinski definition) is 5.